The van der Waals surface area contributed by atoms with E-state index in [2.05, 4.69) is 15.3 Å². The molecule has 31 heteroatoms. The van der Waals surface area contributed by atoms with E-state index in [9.17, 15) is 44.2 Å². The zero-order valence-corrected chi connectivity index (χ0v) is 56.8. The Morgan fingerprint density at radius 1 is 0.431 bits per heavy atom. The zero-order chi connectivity index (χ0) is 72.7. The summed E-state index contributed by atoms with van der Waals surface area (Å²) >= 11 is 0. The second kappa shape index (κ2) is 38.3. The number of carbonyl (C=O) groups excluding carboxylic acids is 7. The fourth-order valence-electron chi connectivity index (χ4n) is 11.9. The summed E-state index contributed by atoms with van der Waals surface area (Å²) < 4.78 is 118. The summed E-state index contributed by atoms with van der Waals surface area (Å²) in [5, 5.41) is 18.8. The van der Waals surface area contributed by atoms with E-state index in [0.29, 0.717) is 27.8 Å². The van der Waals surface area contributed by atoms with Crippen LogP contribution in [0.1, 0.15) is 55.5 Å². The van der Waals surface area contributed by atoms with Crippen LogP contribution in [-0.2, 0) is 152 Å². The Bertz CT molecular complexity index is 3550. The summed E-state index contributed by atoms with van der Waals surface area (Å²) in [4.78, 5) is 98.5. The SMILES string of the molecule is COC(=O)[C@H]1O[C@@H](OC2[C@@H](COC(C)=O)O[C@H](O[C@H]3[C@H](OCc4ccccc4)[C@@H](OC(C)=O)[C@H](O[C@H]4[C@H](OCc5ccccc5)[C@@H](NC(=O)OCc5ccccc5)[C@@H](OC)O[C@@H]4COC(C)=O)O[C@H]3C(=O)OC)[C@H](N=[N+]=[N-])[C@H]2OC(C)=O)[C@H](OCc2ccccc2)[C@@H](OCc2ccccc2)[C@@H]1O. The molecule has 4 saturated heterocycles. The molecule has 548 valence electrons. The lowest BCUT2D eigenvalue weighted by Crippen LogP contribution is -2.70. The Morgan fingerprint density at radius 3 is 1.27 bits per heavy atom. The van der Waals surface area contributed by atoms with Gasteiger partial charge < -0.3 is 100 Å². The molecule has 0 aromatic heterocycles. The second-order valence-electron chi connectivity index (χ2n) is 23.7. The maximum absolute atomic E-state index is 14.8. The minimum atomic E-state index is -2.07. The highest BCUT2D eigenvalue weighted by Gasteiger charge is 2.61. The number of benzene rings is 5. The zero-order valence-electron chi connectivity index (χ0n) is 56.8. The summed E-state index contributed by atoms with van der Waals surface area (Å²) in [7, 11) is 3.38. The van der Waals surface area contributed by atoms with E-state index in [0.717, 1.165) is 41.9 Å². The molecule has 4 fully saturated rings. The summed E-state index contributed by atoms with van der Waals surface area (Å²) in [6.45, 7) is 2.02. The summed E-state index contributed by atoms with van der Waals surface area (Å²) in [6.07, 6.45) is -32.3. The predicted octanol–water partition coefficient (Wildman–Crippen LogP) is 5.70. The van der Waals surface area contributed by atoms with Crippen molar-refractivity contribution in [2.45, 2.75) is 183 Å². The van der Waals surface area contributed by atoms with Gasteiger partial charge in [0.25, 0.3) is 0 Å². The van der Waals surface area contributed by atoms with Crippen LogP contribution in [0, 0.1) is 0 Å². The first kappa shape index (κ1) is 77.1. The van der Waals surface area contributed by atoms with E-state index in [-0.39, 0.29) is 33.0 Å². The smallest absolute Gasteiger partial charge is 0.407 e. The Kier molecular flexibility index (Phi) is 29.0. The van der Waals surface area contributed by atoms with Gasteiger partial charge in [-0.15, -0.1) is 0 Å². The van der Waals surface area contributed by atoms with Gasteiger partial charge in [0.1, 0.15) is 99.0 Å². The molecule has 5 aromatic carbocycles. The molecule has 4 heterocycles. The van der Waals surface area contributed by atoms with Crippen molar-refractivity contribution in [1.29, 1.82) is 0 Å². The number of alkyl carbamates (subject to hydrolysis) is 1. The molecule has 0 bridgehead atoms. The quantitative estimate of drug-likeness (QED) is 0.0177. The molecular weight excluding hydrogens is 1340 g/mol. The second-order valence-corrected chi connectivity index (χ2v) is 23.7. The van der Waals surface area contributed by atoms with Crippen molar-refractivity contribution in [2.24, 2.45) is 5.11 Å². The molecule has 2 N–H and O–H groups in total. The van der Waals surface area contributed by atoms with E-state index in [1.807, 2.05) is 0 Å². The summed E-state index contributed by atoms with van der Waals surface area (Å²) in [5.74, 6) is -5.85. The minimum absolute atomic E-state index is 0.140. The van der Waals surface area contributed by atoms with Crippen LogP contribution in [0.2, 0.25) is 0 Å². The van der Waals surface area contributed by atoms with Gasteiger partial charge in [0.15, 0.2) is 43.5 Å². The number of aliphatic hydroxyl groups is 1. The topological polar surface area (TPSA) is 376 Å². The van der Waals surface area contributed by atoms with Crippen LogP contribution < -0.4 is 5.32 Å². The number of esters is 6. The number of aliphatic hydroxyl groups excluding tert-OH is 1. The predicted molar refractivity (Wildman–Crippen MR) is 347 cm³/mol. The molecule has 31 nitrogen and oxygen atoms in total. The van der Waals surface area contributed by atoms with Crippen LogP contribution in [-0.4, -0.2) is 204 Å². The third-order valence-electron chi connectivity index (χ3n) is 16.6. The average Bonchev–Trinajstić information content (AvgIpc) is 0.765. The normalized spacial score (nSPS) is 29.1. The number of nitrogens with zero attached hydrogens (tertiary/aromatic N) is 3. The Morgan fingerprint density at radius 2 is 0.824 bits per heavy atom. The third kappa shape index (κ3) is 21.1. The number of hydrogen-bond donors (Lipinski definition) is 2. The average molecular weight is 1420 g/mol. The van der Waals surface area contributed by atoms with E-state index in [1.165, 1.54) is 7.11 Å². The molecule has 4 aliphatic rings. The van der Waals surface area contributed by atoms with Crippen LogP contribution in [0.4, 0.5) is 4.79 Å². The van der Waals surface area contributed by atoms with Crippen molar-refractivity contribution in [1.82, 2.24) is 5.32 Å². The van der Waals surface area contributed by atoms with Gasteiger partial charge in [0.05, 0.1) is 40.6 Å². The lowest BCUT2D eigenvalue weighted by atomic mass is 9.93. The van der Waals surface area contributed by atoms with Crippen LogP contribution >= 0.6 is 0 Å². The molecule has 1 amide bonds. The fourth-order valence-corrected chi connectivity index (χ4v) is 11.9. The molecule has 0 radical (unpaired) electrons. The highest BCUT2D eigenvalue weighted by atomic mass is 16.8. The highest BCUT2D eigenvalue weighted by molar-refractivity contribution is 5.76. The maximum Gasteiger partial charge on any atom is 0.407 e. The molecule has 4 aliphatic heterocycles. The van der Waals surface area contributed by atoms with Gasteiger partial charge in [-0.25, -0.2) is 14.4 Å². The first-order chi connectivity index (χ1) is 49.4. The van der Waals surface area contributed by atoms with Gasteiger partial charge in [-0.3, -0.25) is 19.2 Å². The first-order valence-electron chi connectivity index (χ1n) is 32.6. The van der Waals surface area contributed by atoms with Crippen LogP contribution in [0.3, 0.4) is 0 Å². The molecular formula is C71H82N4O27. The maximum atomic E-state index is 14.8. The summed E-state index contributed by atoms with van der Waals surface area (Å²) in [5.41, 5.74) is 13.6. The highest BCUT2D eigenvalue weighted by Crippen LogP contribution is 2.40. The number of hydrogen-bond acceptors (Lipinski definition) is 28. The van der Waals surface area contributed by atoms with Gasteiger partial charge >= 0.3 is 41.9 Å². The Balaban J connectivity index is 1.13. The Hall–Kier alpha value is -9.02. The van der Waals surface area contributed by atoms with Gasteiger partial charge in [-0.1, -0.05) is 157 Å². The lowest BCUT2D eigenvalue weighted by molar-refractivity contribution is -0.376. The number of nitrogens with one attached hydrogen (secondary N) is 1. The van der Waals surface area contributed by atoms with Gasteiger partial charge in [-0.05, 0) is 33.3 Å². The van der Waals surface area contributed by atoms with Crippen molar-refractivity contribution in [3.63, 3.8) is 0 Å². The molecule has 0 aliphatic carbocycles. The molecule has 9 rings (SSSR count). The van der Waals surface area contributed by atoms with E-state index < -0.39 is 178 Å². The Labute approximate surface area is 586 Å². The molecule has 0 saturated carbocycles. The monoisotopic (exact) mass is 1420 g/mol. The van der Waals surface area contributed by atoms with Crippen LogP contribution in [0.25, 0.3) is 10.4 Å². The van der Waals surface area contributed by atoms with Crippen molar-refractivity contribution in [3.8, 4) is 0 Å². The van der Waals surface area contributed by atoms with Gasteiger partial charge in [0, 0.05) is 39.7 Å². The minimum Gasteiger partial charge on any atom is -0.467 e. The van der Waals surface area contributed by atoms with Crippen molar-refractivity contribution in [2.75, 3.05) is 34.5 Å². The molecule has 1 unspecified atom stereocenters. The van der Waals surface area contributed by atoms with Crippen LogP contribution in [0.5, 0.6) is 0 Å². The first-order valence-corrected chi connectivity index (χ1v) is 32.6. The number of methoxy groups -OCH3 is 3. The lowest BCUT2D eigenvalue weighted by Gasteiger charge is -2.51. The standard InChI is InChI=1S/C71H82N4O27/c1-40(76)87-38-49-54(56(89-33-44-23-13-8-14-24-44)51(67(86-7)96-49)73-71(83)93-37-48-31-21-12-22-32-48)98-70-64(95-43(4)79)60(91-35-46-27-17-10-18-28-46)61(62(102-70)66(82)85-6)101-68-52(74-75-72)57(94-42(3)78)55(50(97-68)39-88-41(2)77)99-69-63(92-36-47-29-19-11-20-30-47)58(53(80)59(100-69)65(81)84-5)90-34-45-25-15-9-16-26-45/h8-32,49-64,67-70,80H,33-39H2,1-7H3,(H,73,83)/t49-,50-,51-,52-,53+,54-,55?,56-,57-,58+,59+,60+,61+,62-,63-,64-,67+,68-,69-,70-/m1/s1. The number of rotatable bonds is 31. The number of ether oxygens (including phenoxy) is 19. The van der Waals surface area contributed by atoms with E-state index in [4.69, 9.17) is 90.0 Å². The molecule has 20 atom stereocenters. The molecule has 102 heavy (non-hydrogen) atoms. The fraction of sp³-hybridized carbons (Fsp3) is 0.479. The van der Waals surface area contributed by atoms with Gasteiger partial charge in [0.2, 0.25) is 0 Å². The number of azide groups is 1. The van der Waals surface area contributed by atoms with Crippen molar-refractivity contribution < 1.29 is 129 Å². The molecule has 5 aromatic rings. The molecule has 0 spiro atoms. The number of carbonyl (C=O) groups is 7. The summed E-state index contributed by atoms with van der Waals surface area (Å²) in [6, 6.07) is 40.7. The number of amides is 1. The van der Waals surface area contributed by atoms with Gasteiger partial charge in [-0.2, -0.15) is 0 Å². The van der Waals surface area contributed by atoms with E-state index in [1.54, 1.807) is 152 Å². The largest absolute Gasteiger partial charge is 0.467 e. The van der Waals surface area contributed by atoms with E-state index >= 15 is 0 Å². The van der Waals surface area contributed by atoms with Crippen LogP contribution in [0.15, 0.2) is 157 Å². The third-order valence-corrected chi connectivity index (χ3v) is 16.6. The van der Waals surface area contributed by atoms with Crippen molar-refractivity contribution >= 4 is 41.9 Å². The van der Waals surface area contributed by atoms with Crippen molar-refractivity contribution in [3.05, 3.63) is 190 Å².